The minimum atomic E-state index is -1.45. The molecule has 0 saturated heterocycles. The normalized spacial score (nSPS) is 13.7. The molecule has 7 nitrogen and oxygen atoms in total. The molecule has 24 heavy (non-hydrogen) atoms. The number of phenolic OH excluding ortho intramolecular Hbond substituents is 1. The van der Waals surface area contributed by atoms with E-state index in [9.17, 15) is 14.7 Å². The Kier molecular flexibility index (Phi) is 7.41. The average molecular weight is 338 g/mol. The van der Waals surface area contributed by atoms with Crippen LogP contribution in [0.15, 0.2) is 18.2 Å². The van der Waals surface area contributed by atoms with E-state index < -0.39 is 24.1 Å². The van der Waals surface area contributed by atoms with Gasteiger partial charge >= 0.3 is 11.9 Å². The lowest BCUT2D eigenvalue weighted by molar-refractivity contribution is -0.174. The Morgan fingerprint density at radius 2 is 1.75 bits per heavy atom. The molecule has 2 atom stereocenters. The number of esters is 1. The molecule has 1 rings (SSSR count). The Labute approximate surface area is 140 Å². The number of carboxylic acids is 1. The number of carbonyl (C=O) groups is 2. The molecule has 0 aliphatic rings. The molecule has 0 fully saturated rings. The van der Waals surface area contributed by atoms with E-state index in [0.717, 1.165) is 23.8 Å². The van der Waals surface area contributed by atoms with Gasteiger partial charge in [-0.3, -0.25) is 0 Å². The summed E-state index contributed by atoms with van der Waals surface area (Å²) in [5.74, 6) is -1.89. The Hall–Kier alpha value is -2.38. The fourth-order valence-corrected chi connectivity index (χ4v) is 2.18. The van der Waals surface area contributed by atoms with Crippen molar-refractivity contribution in [1.29, 1.82) is 0 Å². The molecule has 0 amide bonds. The van der Waals surface area contributed by atoms with Crippen molar-refractivity contribution >= 4 is 18.0 Å². The van der Waals surface area contributed by atoms with Gasteiger partial charge in [-0.25, -0.2) is 9.59 Å². The fraction of sp³-hybridized carbons (Fsp3) is 0.412. The van der Waals surface area contributed by atoms with Gasteiger partial charge in [0, 0.05) is 7.11 Å². The maximum Gasteiger partial charge on any atom is 0.338 e. The van der Waals surface area contributed by atoms with Gasteiger partial charge in [0.15, 0.2) is 12.2 Å². The van der Waals surface area contributed by atoms with Crippen molar-refractivity contribution in [3.05, 3.63) is 34.9 Å². The van der Waals surface area contributed by atoms with Crippen LogP contribution in [-0.4, -0.2) is 55.2 Å². The number of rotatable bonds is 8. The highest BCUT2D eigenvalue weighted by Crippen LogP contribution is 2.23. The third-order valence-corrected chi connectivity index (χ3v) is 3.40. The van der Waals surface area contributed by atoms with Crippen molar-refractivity contribution in [3.8, 4) is 5.75 Å². The van der Waals surface area contributed by atoms with E-state index in [4.69, 9.17) is 14.6 Å². The van der Waals surface area contributed by atoms with Crippen LogP contribution in [0.3, 0.4) is 0 Å². The van der Waals surface area contributed by atoms with Crippen LogP contribution in [0.1, 0.15) is 16.7 Å². The van der Waals surface area contributed by atoms with E-state index in [0.29, 0.717) is 0 Å². The molecule has 0 bridgehead atoms. The van der Waals surface area contributed by atoms with Crippen molar-refractivity contribution in [2.75, 3.05) is 20.8 Å². The molecule has 2 unspecified atom stereocenters. The molecule has 2 N–H and O–H groups in total. The smallest absolute Gasteiger partial charge is 0.338 e. The van der Waals surface area contributed by atoms with Crippen LogP contribution in [0.2, 0.25) is 0 Å². The number of hydrogen-bond donors (Lipinski definition) is 2. The van der Waals surface area contributed by atoms with Crippen LogP contribution in [-0.2, 0) is 23.8 Å². The van der Waals surface area contributed by atoms with Crippen molar-refractivity contribution in [1.82, 2.24) is 0 Å². The third-order valence-electron chi connectivity index (χ3n) is 3.40. The number of methoxy groups -OCH3 is 2. The second kappa shape index (κ2) is 9.05. The third kappa shape index (κ3) is 5.07. The highest BCUT2D eigenvalue weighted by molar-refractivity contribution is 5.84. The maximum absolute atomic E-state index is 11.7. The van der Waals surface area contributed by atoms with Gasteiger partial charge in [0.05, 0.1) is 13.7 Å². The molecule has 0 aromatic heterocycles. The number of aliphatic carboxylic acids is 1. The second-order valence-corrected chi connectivity index (χ2v) is 5.18. The molecule has 0 spiro atoms. The zero-order valence-electron chi connectivity index (χ0n) is 14.1. The summed E-state index contributed by atoms with van der Waals surface area (Å²) in [6.07, 6.45) is 0.556. The van der Waals surface area contributed by atoms with Gasteiger partial charge in [0.2, 0.25) is 0 Å². The summed E-state index contributed by atoms with van der Waals surface area (Å²) >= 11 is 0. The van der Waals surface area contributed by atoms with Gasteiger partial charge in [-0.05, 0) is 42.7 Å². The van der Waals surface area contributed by atoms with Crippen molar-refractivity contribution in [3.63, 3.8) is 0 Å². The lowest BCUT2D eigenvalue weighted by Crippen LogP contribution is -2.43. The number of hydrogen-bond acceptors (Lipinski definition) is 6. The van der Waals surface area contributed by atoms with Crippen LogP contribution in [0.4, 0.5) is 0 Å². The quantitative estimate of drug-likeness (QED) is 0.695. The molecule has 0 radical (unpaired) electrons. The van der Waals surface area contributed by atoms with E-state index in [2.05, 4.69) is 4.74 Å². The van der Waals surface area contributed by atoms with Crippen LogP contribution in [0.25, 0.3) is 6.08 Å². The molecule has 0 heterocycles. The zero-order valence-corrected chi connectivity index (χ0v) is 14.1. The fourth-order valence-electron chi connectivity index (χ4n) is 2.18. The van der Waals surface area contributed by atoms with Gasteiger partial charge in [-0.2, -0.15) is 0 Å². The molecule has 7 heteroatoms. The Morgan fingerprint density at radius 3 is 2.21 bits per heavy atom. The summed E-state index contributed by atoms with van der Waals surface area (Å²) < 4.78 is 14.6. The van der Waals surface area contributed by atoms with E-state index >= 15 is 0 Å². The van der Waals surface area contributed by atoms with E-state index in [1.54, 1.807) is 38.1 Å². The van der Waals surface area contributed by atoms with E-state index in [1.165, 1.54) is 7.11 Å². The summed E-state index contributed by atoms with van der Waals surface area (Å²) in [5.41, 5.74) is 2.34. The summed E-state index contributed by atoms with van der Waals surface area (Å²) in [7, 11) is 2.32. The minimum absolute atomic E-state index is 0.00806. The molecular weight excluding hydrogens is 316 g/mol. The number of carboxylic acid groups (broad SMARTS) is 1. The summed E-state index contributed by atoms with van der Waals surface area (Å²) in [5, 5.41) is 18.8. The van der Waals surface area contributed by atoms with Crippen LogP contribution < -0.4 is 0 Å². The Balaban J connectivity index is 2.77. The second-order valence-electron chi connectivity index (χ2n) is 5.18. The first-order valence-corrected chi connectivity index (χ1v) is 7.23. The molecule has 0 saturated carbocycles. The van der Waals surface area contributed by atoms with Crippen LogP contribution >= 0.6 is 0 Å². The monoisotopic (exact) mass is 338 g/mol. The largest absolute Gasteiger partial charge is 0.507 e. The lowest BCUT2D eigenvalue weighted by atomic mass is 10.1. The number of aromatic hydroxyl groups is 1. The highest BCUT2D eigenvalue weighted by atomic mass is 16.6. The predicted molar refractivity (Wildman–Crippen MR) is 86.8 cm³/mol. The van der Waals surface area contributed by atoms with Gasteiger partial charge < -0.3 is 24.4 Å². The number of benzene rings is 1. The number of phenols is 1. The van der Waals surface area contributed by atoms with Crippen molar-refractivity contribution < 1.29 is 34.0 Å². The SMILES string of the molecule is COC(=O)C(OC/C=C/c1cc(C)c(O)c(C)c1)C(OC)C(=O)O. The molecule has 1 aromatic rings. The summed E-state index contributed by atoms with van der Waals surface area (Å²) in [4.78, 5) is 22.8. The number of carbonyl (C=O) groups excluding carboxylic acids is 1. The van der Waals surface area contributed by atoms with Gasteiger partial charge in [0.1, 0.15) is 5.75 Å². The standard InChI is InChI=1S/C17H22O7/c1-10-8-12(9-11(2)13(10)18)6-5-7-24-15(17(21)23-4)14(22-3)16(19)20/h5-6,8-9,14-15,18H,7H2,1-4H3,(H,19,20)/b6-5+. The Bertz CT molecular complexity index is 598. The van der Waals surface area contributed by atoms with E-state index in [1.807, 2.05) is 0 Å². The van der Waals surface area contributed by atoms with Gasteiger partial charge in [-0.15, -0.1) is 0 Å². The average Bonchev–Trinajstić information content (AvgIpc) is 2.54. The first-order valence-electron chi connectivity index (χ1n) is 7.23. The first kappa shape index (κ1) is 19.7. The van der Waals surface area contributed by atoms with Gasteiger partial charge in [0.25, 0.3) is 0 Å². The maximum atomic E-state index is 11.7. The lowest BCUT2D eigenvalue weighted by Gasteiger charge is -2.20. The molecule has 0 aliphatic heterocycles. The summed E-state index contributed by atoms with van der Waals surface area (Å²) in [6.45, 7) is 3.57. The predicted octanol–water partition coefficient (Wildman–Crippen LogP) is 1.68. The topological polar surface area (TPSA) is 102 Å². The summed E-state index contributed by atoms with van der Waals surface area (Å²) in [6, 6.07) is 3.59. The van der Waals surface area contributed by atoms with Crippen LogP contribution in [0.5, 0.6) is 5.75 Å². The minimum Gasteiger partial charge on any atom is -0.507 e. The molecule has 0 aliphatic carbocycles. The van der Waals surface area contributed by atoms with Crippen molar-refractivity contribution in [2.45, 2.75) is 26.1 Å². The molecular formula is C17H22O7. The van der Waals surface area contributed by atoms with Crippen LogP contribution in [0, 0.1) is 13.8 Å². The van der Waals surface area contributed by atoms with E-state index in [-0.39, 0.29) is 12.4 Å². The van der Waals surface area contributed by atoms with Gasteiger partial charge in [-0.1, -0.05) is 12.2 Å². The molecule has 1 aromatic carbocycles. The molecule has 132 valence electrons. The number of aryl methyl sites for hydroxylation is 2. The Morgan fingerprint density at radius 1 is 1.17 bits per heavy atom. The van der Waals surface area contributed by atoms with Crippen molar-refractivity contribution in [2.24, 2.45) is 0 Å². The first-order chi connectivity index (χ1) is 11.3. The zero-order chi connectivity index (χ0) is 18.3. The highest BCUT2D eigenvalue weighted by Gasteiger charge is 2.35. The number of ether oxygens (including phenoxy) is 3.